The first-order valence-electron chi connectivity index (χ1n) is 9.10. The van der Waals surface area contributed by atoms with Crippen LogP contribution in [0.2, 0.25) is 0 Å². The molecule has 1 aliphatic heterocycles. The molecule has 7 heteroatoms. The molecule has 1 unspecified atom stereocenters. The summed E-state index contributed by atoms with van der Waals surface area (Å²) in [5.74, 6) is 0.709. The van der Waals surface area contributed by atoms with Crippen molar-refractivity contribution >= 4 is 5.65 Å². The minimum absolute atomic E-state index is 0.0583. The second-order valence-corrected chi connectivity index (χ2v) is 7.21. The minimum atomic E-state index is -0.216. The number of likely N-dealkylation sites (tertiary alicyclic amines) is 1. The van der Waals surface area contributed by atoms with Crippen molar-refractivity contribution in [2.24, 2.45) is 0 Å². The van der Waals surface area contributed by atoms with E-state index in [9.17, 15) is 9.18 Å². The molecular formula is C20H23FN4O2. The number of halogens is 1. The van der Waals surface area contributed by atoms with Gasteiger partial charge in [-0.05, 0) is 45.0 Å². The van der Waals surface area contributed by atoms with Crippen LogP contribution >= 0.6 is 0 Å². The number of hydrogen-bond donors (Lipinski definition) is 1. The van der Waals surface area contributed by atoms with Gasteiger partial charge in [0.15, 0.2) is 5.65 Å². The highest BCUT2D eigenvalue weighted by Gasteiger charge is 2.26. The lowest BCUT2D eigenvalue weighted by Gasteiger charge is -2.16. The Labute approximate surface area is 156 Å². The Morgan fingerprint density at radius 1 is 1.33 bits per heavy atom. The monoisotopic (exact) mass is 370 g/mol. The van der Waals surface area contributed by atoms with Crippen LogP contribution < -0.4 is 10.3 Å². The molecule has 1 fully saturated rings. The van der Waals surface area contributed by atoms with Gasteiger partial charge in [0.25, 0.3) is 5.56 Å². The quantitative estimate of drug-likeness (QED) is 0.767. The number of aryl methyl sites for hydroxylation is 1. The van der Waals surface area contributed by atoms with E-state index in [1.165, 1.54) is 10.6 Å². The zero-order valence-electron chi connectivity index (χ0n) is 15.8. The summed E-state index contributed by atoms with van der Waals surface area (Å²) in [6.45, 7) is 5.85. The second kappa shape index (κ2) is 6.81. The summed E-state index contributed by atoms with van der Waals surface area (Å²) in [5.41, 5.74) is 3.64. The largest absolute Gasteiger partial charge is 0.497 e. The predicted molar refractivity (Wildman–Crippen MR) is 101 cm³/mol. The summed E-state index contributed by atoms with van der Waals surface area (Å²) >= 11 is 0. The molecule has 1 N–H and O–H groups in total. The zero-order chi connectivity index (χ0) is 19.1. The first-order chi connectivity index (χ1) is 13.0. The summed E-state index contributed by atoms with van der Waals surface area (Å²) in [7, 11) is 1.58. The van der Waals surface area contributed by atoms with Gasteiger partial charge in [0.05, 0.1) is 7.11 Å². The molecule has 3 heterocycles. The summed E-state index contributed by atoms with van der Waals surface area (Å²) in [6, 6.07) is 6.78. The fourth-order valence-electron chi connectivity index (χ4n) is 3.72. The molecule has 0 radical (unpaired) electrons. The van der Waals surface area contributed by atoms with E-state index < -0.39 is 0 Å². The maximum atomic E-state index is 14.1. The van der Waals surface area contributed by atoms with E-state index in [1.54, 1.807) is 26.2 Å². The van der Waals surface area contributed by atoms with Crippen LogP contribution in [0.1, 0.15) is 34.9 Å². The smallest absolute Gasteiger partial charge is 0.275 e. The fourth-order valence-corrected chi connectivity index (χ4v) is 3.72. The molecule has 0 spiro atoms. The summed E-state index contributed by atoms with van der Waals surface area (Å²) in [4.78, 5) is 19.1. The Balaban J connectivity index is 1.54. The lowest BCUT2D eigenvalue weighted by Crippen LogP contribution is -2.21. The van der Waals surface area contributed by atoms with Gasteiger partial charge in [-0.3, -0.25) is 14.8 Å². The van der Waals surface area contributed by atoms with Crippen LogP contribution in [0.15, 0.2) is 29.1 Å². The second-order valence-electron chi connectivity index (χ2n) is 7.21. The standard InChI is InChI=1S/C20H23FN4O2/c1-12-13(2)22-19-9-18(23-25(19)20(12)26)14-6-7-24(10-14)11-15-8-16(27-3)4-5-17(15)21/h4-5,8-9,14,23H,6-7,10-11H2,1-3H3. The average molecular weight is 370 g/mol. The molecule has 27 heavy (non-hydrogen) atoms. The summed E-state index contributed by atoms with van der Waals surface area (Å²) in [6.07, 6.45) is 0.950. The lowest BCUT2D eigenvalue weighted by atomic mass is 10.1. The average Bonchev–Trinajstić information content (AvgIpc) is 3.28. The fraction of sp³-hybridized carbons (Fsp3) is 0.400. The number of rotatable bonds is 4. The highest BCUT2D eigenvalue weighted by molar-refractivity contribution is 5.42. The number of methoxy groups -OCH3 is 1. The topological polar surface area (TPSA) is 62.6 Å². The van der Waals surface area contributed by atoms with E-state index >= 15 is 0 Å². The van der Waals surface area contributed by atoms with E-state index in [1.807, 2.05) is 13.0 Å². The van der Waals surface area contributed by atoms with E-state index in [2.05, 4.69) is 15.0 Å². The van der Waals surface area contributed by atoms with Crippen LogP contribution in [0.4, 0.5) is 4.39 Å². The molecule has 1 atom stereocenters. The maximum Gasteiger partial charge on any atom is 0.275 e. The van der Waals surface area contributed by atoms with Crippen molar-refractivity contribution < 1.29 is 9.13 Å². The van der Waals surface area contributed by atoms with Gasteiger partial charge in [0.1, 0.15) is 11.6 Å². The molecule has 0 bridgehead atoms. The van der Waals surface area contributed by atoms with E-state index in [0.29, 0.717) is 29.1 Å². The van der Waals surface area contributed by atoms with Gasteiger partial charge in [-0.1, -0.05) is 0 Å². The Hall–Kier alpha value is -2.67. The highest BCUT2D eigenvalue weighted by Crippen LogP contribution is 2.28. The Morgan fingerprint density at radius 3 is 2.93 bits per heavy atom. The third kappa shape index (κ3) is 3.23. The van der Waals surface area contributed by atoms with Gasteiger partial charge >= 0.3 is 0 Å². The molecule has 0 amide bonds. The molecule has 3 aromatic rings. The molecule has 6 nitrogen and oxygen atoms in total. The first-order valence-corrected chi connectivity index (χ1v) is 9.10. The van der Waals surface area contributed by atoms with Crippen LogP contribution in [0.5, 0.6) is 5.75 Å². The van der Waals surface area contributed by atoms with Crippen molar-refractivity contribution in [1.29, 1.82) is 0 Å². The van der Waals surface area contributed by atoms with Gasteiger partial charge in [0, 0.05) is 47.6 Å². The maximum absolute atomic E-state index is 14.1. The van der Waals surface area contributed by atoms with Crippen molar-refractivity contribution in [3.8, 4) is 5.75 Å². The van der Waals surface area contributed by atoms with Crippen LogP contribution in [0.3, 0.4) is 0 Å². The van der Waals surface area contributed by atoms with Crippen LogP contribution in [-0.4, -0.2) is 39.7 Å². The zero-order valence-corrected chi connectivity index (χ0v) is 15.8. The number of nitrogens with zero attached hydrogens (tertiary/aromatic N) is 3. The number of nitrogens with one attached hydrogen (secondary N) is 1. The number of fused-ring (bicyclic) bond motifs is 1. The van der Waals surface area contributed by atoms with Crippen LogP contribution in [0.25, 0.3) is 5.65 Å². The molecule has 1 aromatic carbocycles. The van der Waals surface area contributed by atoms with E-state index in [0.717, 1.165) is 30.9 Å². The molecule has 2 aromatic heterocycles. The van der Waals surface area contributed by atoms with Crippen molar-refractivity contribution in [1.82, 2.24) is 19.5 Å². The van der Waals surface area contributed by atoms with Gasteiger partial charge in [-0.15, -0.1) is 0 Å². The van der Waals surface area contributed by atoms with Crippen LogP contribution in [0, 0.1) is 19.7 Å². The molecule has 1 aliphatic rings. The van der Waals surface area contributed by atoms with E-state index in [-0.39, 0.29) is 17.3 Å². The number of aromatic nitrogens is 3. The third-order valence-electron chi connectivity index (χ3n) is 5.46. The molecular weight excluding hydrogens is 347 g/mol. The van der Waals surface area contributed by atoms with Crippen molar-refractivity contribution in [3.63, 3.8) is 0 Å². The number of ether oxygens (including phenoxy) is 1. The summed E-state index contributed by atoms with van der Waals surface area (Å²) < 4.78 is 20.8. The SMILES string of the molecule is COc1ccc(F)c(CN2CCC(c3cc4nc(C)c(C)c(=O)n4[nH]3)C2)c1. The molecule has 4 rings (SSSR count). The van der Waals surface area contributed by atoms with Crippen molar-refractivity contribution in [3.05, 3.63) is 63.0 Å². The van der Waals surface area contributed by atoms with Gasteiger partial charge in [-0.25, -0.2) is 13.9 Å². The highest BCUT2D eigenvalue weighted by atomic mass is 19.1. The van der Waals surface area contributed by atoms with Crippen molar-refractivity contribution in [2.45, 2.75) is 32.7 Å². The Kier molecular flexibility index (Phi) is 4.47. The molecule has 1 saturated heterocycles. The normalized spacial score (nSPS) is 17.7. The van der Waals surface area contributed by atoms with Crippen LogP contribution in [-0.2, 0) is 6.54 Å². The van der Waals surface area contributed by atoms with Crippen molar-refractivity contribution in [2.75, 3.05) is 20.2 Å². The first kappa shape index (κ1) is 17.7. The van der Waals surface area contributed by atoms with Gasteiger partial charge in [-0.2, -0.15) is 0 Å². The number of aromatic amines is 1. The van der Waals surface area contributed by atoms with Gasteiger partial charge < -0.3 is 4.74 Å². The number of H-pyrrole nitrogens is 1. The summed E-state index contributed by atoms with van der Waals surface area (Å²) in [5, 5.41) is 3.21. The lowest BCUT2D eigenvalue weighted by molar-refractivity contribution is 0.319. The number of hydrogen-bond acceptors (Lipinski definition) is 4. The molecule has 0 saturated carbocycles. The Bertz CT molecular complexity index is 1060. The predicted octanol–water partition coefficient (Wildman–Crippen LogP) is 2.78. The number of benzene rings is 1. The van der Waals surface area contributed by atoms with Gasteiger partial charge in [0.2, 0.25) is 0 Å². The third-order valence-corrected chi connectivity index (χ3v) is 5.46. The molecule has 142 valence electrons. The Morgan fingerprint density at radius 2 is 2.15 bits per heavy atom. The minimum Gasteiger partial charge on any atom is -0.497 e. The molecule has 0 aliphatic carbocycles. The van der Waals surface area contributed by atoms with E-state index in [4.69, 9.17) is 4.74 Å².